The number of benzene rings is 2. The first-order valence-electron chi connectivity index (χ1n) is 7.91. The van der Waals surface area contributed by atoms with E-state index in [-0.39, 0.29) is 0 Å². The van der Waals surface area contributed by atoms with E-state index in [1.807, 2.05) is 12.1 Å². The van der Waals surface area contributed by atoms with Gasteiger partial charge in [0.25, 0.3) is 0 Å². The Morgan fingerprint density at radius 3 is 2.61 bits per heavy atom. The van der Waals surface area contributed by atoms with Crippen LogP contribution in [0.25, 0.3) is 0 Å². The molecule has 2 aromatic carbocycles. The molecule has 0 amide bonds. The quantitative estimate of drug-likeness (QED) is 0.672. The summed E-state index contributed by atoms with van der Waals surface area (Å²) in [7, 11) is 0. The van der Waals surface area contributed by atoms with Crippen LogP contribution < -0.4 is 0 Å². The summed E-state index contributed by atoms with van der Waals surface area (Å²) in [6.45, 7) is 0. The van der Waals surface area contributed by atoms with Gasteiger partial charge in [-0.15, -0.1) is 10.2 Å². The van der Waals surface area contributed by atoms with E-state index in [0.29, 0.717) is 18.2 Å². The van der Waals surface area contributed by atoms with Crippen LogP contribution in [0.5, 0.6) is 0 Å². The summed E-state index contributed by atoms with van der Waals surface area (Å²) in [6.07, 6.45) is 3.85. The van der Waals surface area contributed by atoms with Gasteiger partial charge in [0.2, 0.25) is 11.8 Å². The molecule has 0 saturated carbocycles. The maximum Gasteiger partial charge on any atom is 0.220 e. The van der Waals surface area contributed by atoms with Gasteiger partial charge < -0.3 is 4.42 Å². The molecule has 1 atom stereocenters. The zero-order valence-corrected chi connectivity index (χ0v) is 14.3. The summed E-state index contributed by atoms with van der Waals surface area (Å²) in [5.41, 5.74) is 4.05. The van der Waals surface area contributed by atoms with Crippen molar-refractivity contribution in [3.05, 3.63) is 81.5 Å². The first-order chi connectivity index (χ1) is 11.3. The molecule has 1 aliphatic rings. The lowest BCUT2D eigenvalue weighted by atomic mass is 9.84. The molecule has 0 fully saturated rings. The smallest absolute Gasteiger partial charge is 0.220 e. The number of hydrogen-bond acceptors (Lipinski definition) is 3. The molecular formula is C19H17BrN2O. The van der Waals surface area contributed by atoms with E-state index >= 15 is 0 Å². The summed E-state index contributed by atoms with van der Waals surface area (Å²) in [4.78, 5) is 0. The summed E-state index contributed by atoms with van der Waals surface area (Å²) < 4.78 is 7.02. The largest absolute Gasteiger partial charge is 0.425 e. The Bertz CT molecular complexity index is 810. The number of aromatic nitrogens is 2. The van der Waals surface area contributed by atoms with Crippen LogP contribution in [0.15, 0.2) is 57.4 Å². The standard InChI is InChI=1S/C19H17BrN2O/c20-17-9-5-13(6-10-17)11-18-21-22-19(23-18)16-8-7-14-3-1-2-4-15(14)12-16/h1-6,9-10,16H,7-8,11-12H2. The lowest BCUT2D eigenvalue weighted by molar-refractivity contribution is 0.399. The SMILES string of the molecule is Brc1ccc(Cc2nnc(C3CCc4ccccc4C3)o2)cc1. The Labute approximate surface area is 143 Å². The third-order valence-electron chi connectivity index (χ3n) is 4.45. The minimum absolute atomic E-state index is 0.344. The summed E-state index contributed by atoms with van der Waals surface area (Å²) >= 11 is 3.45. The van der Waals surface area contributed by atoms with Crippen LogP contribution in [0.1, 0.15) is 40.8 Å². The van der Waals surface area contributed by atoms with Crippen LogP contribution in [0.3, 0.4) is 0 Å². The van der Waals surface area contributed by atoms with Crippen molar-refractivity contribution >= 4 is 15.9 Å². The number of rotatable bonds is 3. The van der Waals surface area contributed by atoms with Gasteiger partial charge in [0, 0.05) is 10.4 Å². The van der Waals surface area contributed by atoms with Gasteiger partial charge in [-0.2, -0.15) is 0 Å². The second-order valence-electron chi connectivity index (χ2n) is 6.05. The van der Waals surface area contributed by atoms with Crippen molar-refractivity contribution in [2.45, 2.75) is 31.6 Å². The van der Waals surface area contributed by atoms with Crippen molar-refractivity contribution in [2.75, 3.05) is 0 Å². The third kappa shape index (κ3) is 3.22. The molecule has 0 N–H and O–H groups in total. The number of halogens is 1. The maximum atomic E-state index is 5.94. The van der Waals surface area contributed by atoms with Gasteiger partial charge in [-0.05, 0) is 48.1 Å². The van der Waals surface area contributed by atoms with Crippen LogP contribution >= 0.6 is 15.9 Å². The fourth-order valence-electron chi connectivity index (χ4n) is 3.19. The van der Waals surface area contributed by atoms with E-state index in [1.165, 1.54) is 16.7 Å². The van der Waals surface area contributed by atoms with Crippen molar-refractivity contribution in [1.82, 2.24) is 10.2 Å². The molecule has 1 heterocycles. The first kappa shape index (κ1) is 14.6. The van der Waals surface area contributed by atoms with Crippen molar-refractivity contribution < 1.29 is 4.42 Å². The summed E-state index contributed by atoms with van der Waals surface area (Å²) in [6, 6.07) is 16.9. The molecule has 0 bridgehead atoms. The Morgan fingerprint density at radius 2 is 1.78 bits per heavy atom. The molecule has 1 aromatic heterocycles. The molecule has 3 nitrogen and oxygen atoms in total. The summed E-state index contributed by atoms with van der Waals surface area (Å²) in [5, 5.41) is 8.54. The molecule has 116 valence electrons. The topological polar surface area (TPSA) is 38.9 Å². The van der Waals surface area contributed by atoms with Crippen molar-refractivity contribution in [1.29, 1.82) is 0 Å². The lowest BCUT2D eigenvalue weighted by Crippen LogP contribution is -2.12. The second-order valence-corrected chi connectivity index (χ2v) is 6.96. The molecule has 1 aliphatic carbocycles. The van der Waals surface area contributed by atoms with E-state index in [1.54, 1.807) is 0 Å². The van der Waals surface area contributed by atoms with Gasteiger partial charge in [-0.3, -0.25) is 0 Å². The zero-order valence-electron chi connectivity index (χ0n) is 12.7. The highest BCUT2D eigenvalue weighted by molar-refractivity contribution is 9.10. The number of nitrogens with zero attached hydrogens (tertiary/aromatic N) is 2. The molecule has 0 saturated heterocycles. The van der Waals surface area contributed by atoms with Gasteiger partial charge in [0.1, 0.15) is 0 Å². The van der Waals surface area contributed by atoms with E-state index in [4.69, 9.17) is 4.42 Å². The van der Waals surface area contributed by atoms with Crippen LogP contribution in [-0.2, 0) is 19.3 Å². The average Bonchev–Trinajstić information content (AvgIpc) is 3.05. The normalized spacial score (nSPS) is 17.0. The predicted octanol–water partition coefficient (Wildman–Crippen LogP) is 4.70. The Hall–Kier alpha value is -1.94. The summed E-state index contributed by atoms with van der Waals surface area (Å²) in [5.74, 6) is 1.82. The van der Waals surface area contributed by atoms with E-state index in [0.717, 1.165) is 29.6 Å². The highest BCUT2D eigenvalue weighted by Crippen LogP contribution is 2.32. The minimum Gasteiger partial charge on any atom is -0.425 e. The molecule has 23 heavy (non-hydrogen) atoms. The molecule has 4 rings (SSSR count). The average molecular weight is 369 g/mol. The highest BCUT2D eigenvalue weighted by atomic mass is 79.9. The van der Waals surface area contributed by atoms with Crippen molar-refractivity contribution in [2.24, 2.45) is 0 Å². The highest BCUT2D eigenvalue weighted by Gasteiger charge is 2.24. The van der Waals surface area contributed by atoms with Gasteiger partial charge in [0.15, 0.2) is 0 Å². The number of hydrogen-bond donors (Lipinski definition) is 0. The Balaban J connectivity index is 1.49. The van der Waals surface area contributed by atoms with Crippen LogP contribution in [0.4, 0.5) is 0 Å². The van der Waals surface area contributed by atoms with Gasteiger partial charge >= 0.3 is 0 Å². The van der Waals surface area contributed by atoms with E-state index in [9.17, 15) is 0 Å². The number of fused-ring (bicyclic) bond motifs is 1. The molecule has 4 heteroatoms. The van der Waals surface area contributed by atoms with Gasteiger partial charge in [0.05, 0.1) is 6.42 Å². The Kier molecular flexibility index (Phi) is 4.00. The van der Waals surface area contributed by atoms with Crippen LogP contribution in [0.2, 0.25) is 0 Å². The molecular weight excluding hydrogens is 352 g/mol. The zero-order chi connectivity index (χ0) is 15.6. The number of aryl methyl sites for hydroxylation is 1. The maximum absolute atomic E-state index is 5.94. The molecule has 3 aromatic rings. The van der Waals surface area contributed by atoms with Crippen molar-refractivity contribution in [3.8, 4) is 0 Å². The second kappa shape index (κ2) is 6.28. The van der Waals surface area contributed by atoms with Crippen LogP contribution in [0, 0.1) is 0 Å². The molecule has 0 radical (unpaired) electrons. The lowest BCUT2D eigenvalue weighted by Gasteiger charge is -2.21. The van der Waals surface area contributed by atoms with E-state index in [2.05, 4.69) is 62.5 Å². The molecule has 0 spiro atoms. The first-order valence-corrected chi connectivity index (χ1v) is 8.71. The minimum atomic E-state index is 0.344. The molecule has 0 aliphatic heterocycles. The van der Waals surface area contributed by atoms with E-state index < -0.39 is 0 Å². The molecule has 1 unspecified atom stereocenters. The fraction of sp³-hybridized carbons (Fsp3) is 0.263. The fourth-order valence-corrected chi connectivity index (χ4v) is 3.45. The Morgan fingerprint density at radius 1 is 1.00 bits per heavy atom. The van der Waals surface area contributed by atoms with Gasteiger partial charge in [-0.25, -0.2) is 0 Å². The van der Waals surface area contributed by atoms with Crippen LogP contribution in [-0.4, -0.2) is 10.2 Å². The van der Waals surface area contributed by atoms with Gasteiger partial charge in [-0.1, -0.05) is 52.3 Å². The predicted molar refractivity (Wildman–Crippen MR) is 92.5 cm³/mol. The third-order valence-corrected chi connectivity index (χ3v) is 4.98. The monoisotopic (exact) mass is 368 g/mol. The van der Waals surface area contributed by atoms with Crippen molar-refractivity contribution in [3.63, 3.8) is 0 Å².